The Morgan fingerprint density at radius 2 is 1.94 bits per heavy atom. The minimum absolute atomic E-state index is 0.587. The molecule has 2 aromatic carbocycles. The Morgan fingerprint density at radius 1 is 1.17 bits per heavy atom. The van der Waals surface area contributed by atoms with Crippen LogP contribution in [0.25, 0.3) is 0 Å². The van der Waals surface area contributed by atoms with Gasteiger partial charge in [0.2, 0.25) is 0 Å². The quantitative estimate of drug-likeness (QED) is 0.690. The first-order valence-corrected chi connectivity index (χ1v) is 7.43. The fraction of sp³-hybridized carbons (Fsp3) is 0.0714. The van der Waals surface area contributed by atoms with Crippen molar-refractivity contribution in [3.8, 4) is 0 Å². The number of hydrogen-bond donors (Lipinski definition) is 1. The molecule has 0 radical (unpaired) electrons. The molecular formula is C14H10BrIN2. The van der Waals surface area contributed by atoms with Crippen LogP contribution in [0.5, 0.6) is 0 Å². The zero-order chi connectivity index (χ0) is 12.7. The highest BCUT2D eigenvalue weighted by atomic mass is 127. The molecule has 4 heteroatoms. The van der Waals surface area contributed by atoms with Gasteiger partial charge in [0, 0.05) is 19.3 Å². The average Bonchev–Trinajstić information content (AvgIpc) is 2.71. The molecule has 0 saturated heterocycles. The topological polar surface area (TPSA) is 27.1 Å². The first-order chi connectivity index (χ1) is 8.66. The molecule has 0 bridgehead atoms. The van der Waals surface area contributed by atoms with Gasteiger partial charge in [0.1, 0.15) is 5.84 Å². The summed E-state index contributed by atoms with van der Waals surface area (Å²) < 4.78 is 2.25. The van der Waals surface area contributed by atoms with Crippen LogP contribution in [0.1, 0.15) is 11.1 Å². The highest BCUT2D eigenvalue weighted by Crippen LogP contribution is 2.31. The van der Waals surface area contributed by atoms with Crippen molar-refractivity contribution in [2.45, 2.75) is 6.54 Å². The van der Waals surface area contributed by atoms with Crippen LogP contribution in [0.2, 0.25) is 0 Å². The Kier molecular flexibility index (Phi) is 3.15. The van der Waals surface area contributed by atoms with Crippen LogP contribution in [0, 0.1) is 8.98 Å². The van der Waals surface area contributed by atoms with Gasteiger partial charge in [-0.15, -0.1) is 0 Å². The number of fused-ring (bicyclic) bond motifs is 1. The van der Waals surface area contributed by atoms with Crippen molar-refractivity contribution in [3.63, 3.8) is 0 Å². The second-order valence-electron chi connectivity index (χ2n) is 4.19. The summed E-state index contributed by atoms with van der Waals surface area (Å²) in [4.78, 5) is 2.04. The average molecular weight is 413 g/mol. The van der Waals surface area contributed by atoms with Crippen molar-refractivity contribution in [1.29, 1.82) is 5.41 Å². The third-order valence-electron chi connectivity index (χ3n) is 3.09. The molecule has 0 spiro atoms. The SMILES string of the molecule is N=C1c2ccccc2CN1c1ccc(Br)c(I)c1. The van der Waals surface area contributed by atoms with E-state index in [9.17, 15) is 0 Å². The second-order valence-corrected chi connectivity index (χ2v) is 6.21. The molecule has 1 N–H and O–H groups in total. The molecule has 18 heavy (non-hydrogen) atoms. The van der Waals surface area contributed by atoms with Crippen molar-refractivity contribution in [2.24, 2.45) is 0 Å². The van der Waals surface area contributed by atoms with Crippen LogP contribution >= 0.6 is 38.5 Å². The normalized spacial score (nSPS) is 13.9. The Morgan fingerprint density at radius 3 is 2.67 bits per heavy atom. The van der Waals surface area contributed by atoms with Crippen molar-refractivity contribution in [1.82, 2.24) is 0 Å². The molecule has 3 rings (SSSR count). The van der Waals surface area contributed by atoms with E-state index in [0.29, 0.717) is 5.84 Å². The largest absolute Gasteiger partial charge is 0.322 e. The summed E-state index contributed by atoms with van der Waals surface area (Å²) in [5.74, 6) is 0.587. The standard InChI is InChI=1S/C14H10BrIN2/c15-12-6-5-10(7-13(12)16)18-8-9-3-1-2-4-11(9)14(18)17/h1-7,17H,8H2. The van der Waals surface area contributed by atoms with E-state index in [2.05, 4.69) is 50.7 Å². The molecule has 1 aliphatic rings. The van der Waals surface area contributed by atoms with Crippen LogP contribution in [-0.4, -0.2) is 5.84 Å². The smallest absolute Gasteiger partial charge is 0.133 e. The molecule has 0 atom stereocenters. The number of benzene rings is 2. The molecule has 0 aliphatic carbocycles. The first kappa shape index (κ1) is 12.2. The van der Waals surface area contributed by atoms with Gasteiger partial charge >= 0.3 is 0 Å². The van der Waals surface area contributed by atoms with Crippen LogP contribution in [0.3, 0.4) is 0 Å². The van der Waals surface area contributed by atoms with Crippen molar-refractivity contribution >= 4 is 50.0 Å². The Balaban J connectivity index is 2.01. The van der Waals surface area contributed by atoms with Gasteiger partial charge < -0.3 is 4.90 Å². The lowest BCUT2D eigenvalue weighted by molar-refractivity contribution is 1.04. The lowest BCUT2D eigenvalue weighted by Gasteiger charge is -2.18. The zero-order valence-electron chi connectivity index (χ0n) is 9.45. The number of amidine groups is 1. The molecule has 0 aromatic heterocycles. The van der Waals surface area contributed by atoms with E-state index in [4.69, 9.17) is 5.41 Å². The molecular weight excluding hydrogens is 403 g/mol. The third-order valence-corrected chi connectivity index (χ3v) is 5.41. The Labute approximate surface area is 128 Å². The van der Waals surface area contributed by atoms with Crippen LogP contribution in [0.4, 0.5) is 5.69 Å². The van der Waals surface area contributed by atoms with Gasteiger partial charge in [-0.3, -0.25) is 5.41 Å². The predicted octanol–water partition coefficient (Wildman–Crippen LogP) is 4.40. The highest BCUT2D eigenvalue weighted by Gasteiger charge is 2.24. The van der Waals surface area contributed by atoms with Crippen molar-refractivity contribution in [3.05, 3.63) is 61.6 Å². The number of rotatable bonds is 1. The van der Waals surface area contributed by atoms with Gasteiger partial charge in [0.25, 0.3) is 0 Å². The predicted molar refractivity (Wildman–Crippen MR) is 86.3 cm³/mol. The molecule has 0 fully saturated rings. The van der Waals surface area contributed by atoms with Gasteiger partial charge in [-0.25, -0.2) is 0 Å². The van der Waals surface area contributed by atoms with Gasteiger partial charge in [-0.1, -0.05) is 24.3 Å². The molecule has 90 valence electrons. The van der Waals surface area contributed by atoms with E-state index >= 15 is 0 Å². The molecule has 0 saturated carbocycles. The van der Waals surface area contributed by atoms with Gasteiger partial charge in [-0.05, 0) is 62.3 Å². The molecule has 0 unspecified atom stereocenters. The minimum Gasteiger partial charge on any atom is -0.322 e. The molecule has 1 heterocycles. The van der Waals surface area contributed by atoms with Crippen LogP contribution in [-0.2, 0) is 6.54 Å². The summed E-state index contributed by atoms with van der Waals surface area (Å²) in [5.41, 5.74) is 3.33. The van der Waals surface area contributed by atoms with E-state index in [1.807, 2.05) is 35.2 Å². The summed E-state index contributed by atoms with van der Waals surface area (Å²) in [7, 11) is 0. The number of hydrogen-bond acceptors (Lipinski definition) is 1. The lowest BCUT2D eigenvalue weighted by atomic mass is 10.1. The Hall–Kier alpha value is -0.880. The molecule has 2 nitrogen and oxygen atoms in total. The van der Waals surface area contributed by atoms with Gasteiger partial charge in [0.05, 0.1) is 6.54 Å². The maximum Gasteiger partial charge on any atom is 0.133 e. The zero-order valence-corrected chi connectivity index (χ0v) is 13.2. The van der Waals surface area contributed by atoms with Crippen molar-refractivity contribution in [2.75, 3.05) is 4.90 Å². The van der Waals surface area contributed by atoms with E-state index in [1.54, 1.807) is 0 Å². The number of nitrogens with zero attached hydrogens (tertiary/aromatic N) is 1. The number of anilines is 1. The highest BCUT2D eigenvalue weighted by molar-refractivity contribution is 14.1. The number of halogens is 2. The maximum absolute atomic E-state index is 8.26. The summed E-state index contributed by atoms with van der Waals surface area (Å²) in [6.07, 6.45) is 0. The minimum atomic E-state index is 0.587. The molecule has 1 aliphatic heterocycles. The van der Waals surface area contributed by atoms with Gasteiger partial charge in [0.15, 0.2) is 0 Å². The van der Waals surface area contributed by atoms with Gasteiger partial charge in [-0.2, -0.15) is 0 Å². The molecule has 2 aromatic rings. The lowest BCUT2D eigenvalue weighted by Crippen LogP contribution is -2.23. The third kappa shape index (κ3) is 1.97. The summed E-state index contributed by atoms with van der Waals surface area (Å²) in [6.45, 7) is 0.784. The van der Waals surface area contributed by atoms with Crippen LogP contribution in [0.15, 0.2) is 46.9 Å². The van der Waals surface area contributed by atoms with E-state index in [1.165, 1.54) is 5.56 Å². The fourth-order valence-electron chi connectivity index (χ4n) is 2.16. The summed E-state index contributed by atoms with van der Waals surface area (Å²) in [6, 6.07) is 14.3. The number of nitrogens with one attached hydrogen (secondary N) is 1. The fourth-order valence-corrected chi connectivity index (χ4v) is 2.90. The Bertz CT molecular complexity index is 639. The maximum atomic E-state index is 8.26. The van der Waals surface area contributed by atoms with E-state index in [0.717, 1.165) is 25.8 Å². The summed E-state index contributed by atoms with van der Waals surface area (Å²) >= 11 is 5.80. The molecule has 0 amide bonds. The van der Waals surface area contributed by atoms with Crippen molar-refractivity contribution < 1.29 is 0 Å². The van der Waals surface area contributed by atoms with E-state index in [-0.39, 0.29) is 0 Å². The first-order valence-electron chi connectivity index (χ1n) is 5.56. The second kappa shape index (κ2) is 4.66. The van der Waals surface area contributed by atoms with Crippen LogP contribution < -0.4 is 4.90 Å². The monoisotopic (exact) mass is 412 g/mol. The van der Waals surface area contributed by atoms with E-state index < -0.39 is 0 Å². The summed E-state index contributed by atoms with van der Waals surface area (Å²) in [5, 5.41) is 8.26.